The number of benzene rings is 1. The summed E-state index contributed by atoms with van der Waals surface area (Å²) in [5.74, 6) is -5.01. The lowest BCUT2D eigenvalue weighted by Crippen LogP contribution is -2.45. The zero-order valence-electron chi connectivity index (χ0n) is 10.5. The predicted octanol–water partition coefficient (Wildman–Crippen LogP) is 3.32. The van der Waals surface area contributed by atoms with Gasteiger partial charge < -0.3 is 15.2 Å². The molecule has 0 spiro atoms. The molecule has 0 bridgehead atoms. The standard InChI is InChI=1S/C11H12F5NO2.ClH/c1-18-6-3-4-7(8(5-6)19-2)9(17)10(12,13)11(14,15)16;/h3-5,9H,17H2,1-2H3;1H/t9-;/m0./s1. The highest BCUT2D eigenvalue weighted by Crippen LogP contribution is 2.45. The zero-order chi connectivity index (χ0) is 14.8. The maximum atomic E-state index is 13.2. The molecule has 0 heterocycles. The quantitative estimate of drug-likeness (QED) is 0.865. The molecule has 1 atom stereocenters. The average molecular weight is 322 g/mol. The molecule has 1 aromatic rings. The second-order valence-corrected chi connectivity index (χ2v) is 3.71. The largest absolute Gasteiger partial charge is 0.497 e. The molecule has 0 aliphatic heterocycles. The Morgan fingerprint density at radius 2 is 1.60 bits per heavy atom. The molecule has 20 heavy (non-hydrogen) atoms. The molecule has 1 aromatic carbocycles. The van der Waals surface area contributed by atoms with Crippen LogP contribution in [0.4, 0.5) is 22.0 Å². The van der Waals surface area contributed by atoms with Gasteiger partial charge in [-0.3, -0.25) is 0 Å². The van der Waals surface area contributed by atoms with Crippen LogP contribution < -0.4 is 15.2 Å². The van der Waals surface area contributed by atoms with Crippen LogP contribution in [-0.4, -0.2) is 26.3 Å². The van der Waals surface area contributed by atoms with Crippen molar-refractivity contribution >= 4 is 12.4 Å². The van der Waals surface area contributed by atoms with Crippen LogP contribution in [0, 0.1) is 0 Å². The van der Waals surface area contributed by atoms with Gasteiger partial charge in [0.15, 0.2) is 0 Å². The lowest BCUT2D eigenvalue weighted by Gasteiger charge is -2.27. The maximum Gasteiger partial charge on any atom is 0.455 e. The Balaban J connectivity index is 0.00000361. The van der Waals surface area contributed by atoms with E-state index in [1.807, 2.05) is 0 Å². The highest BCUT2D eigenvalue weighted by Gasteiger charge is 2.62. The van der Waals surface area contributed by atoms with E-state index in [-0.39, 0.29) is 23.9 Å². The Morgan fingerprint density at radius 3 is 2.00 bits per heavy atom. The van der Waals surface area contributed by atoms with Crippen molar-refractivity contribution in [2.24, 2.45) is 5.73 Å². The number of nitrogens with two attached hydrogens (primary N) is 1. The number of hydrogen-bond acceptors (Lipinski definition) is 3. The molecule has 116 valence electrons. The SMILES string of the molecule is COc1ccc([C@H](N)C(F)(F)C(F)(F)F)c(OC)c1.Cl. The topological polar surface area (TPSA) is 44.5 Å². The first-order valence-electron chi connectivity index (χ1n) is 5.07. The molecule has 0 aliphatic rings. The molecule has 0 fully saturated rings. The van der Waals surface area contributed by atoms with Gasteiger partial charge in [-0.05, 0) is 12.1 Å². The van der Waals surface area contributed by atoms with Gasteiger partial charge >= 0.3 is 12.1 Å². The zero-order valence-corrected chi connectivity index (χ0v) is 11.3. The predicted molar refractivity (Wildman–Crippen MR) is 64.7 cm³/mol. The Hall–Kier alpha value is -1.28. The number of ether oxygens (including phenoxy) is 2. The van der Waals surface area contributed by atoms with Crippen molar-refractivity contribution in [2.75, 3.05) is 14.2 Å². The van der Waals surface area contributed by atoms with E-state index in [0.29, 0.717) is 0 Å². The molecule has 0 amide bonds. The number of halogens is 6. The van der Waals surface area contributed by atoms with Crippen LogP contribution in [0.5, 0.6) is 11.5 Å². The van der Waals surface area contributed by atoms with Crippen LogP contribution >= 0.6 is 12.4 Å². The first-order valence-corrected chi connectivity index (χ1v) is 5.07. The highest BCUT2D eigenvalue weighted by atomic mass is 35.5. The van der Waals surface area contributed by atoms with E-state index in [1.54, 1.807) is 0 Å². The third kappa shape index (κ3) is 3.43. The van der Waals surface area contributed by atoms with E-state index in [4.69, 9.17) is 15.2 Å². The summed E-state index contributed by atoms with van der Waals surface area (Å²) >= 11 is 0. The summed E-state index contributed by atoms with van der Waals surface area (Å²) in [7, 11) is 2.45. The highest BCUT2D eigenvalue weighted by molar-refractivity contribution is 5.85. The van der Waals surface area contributed by atoms with Crippen molar-refractivity contribution < 1.29 is 31.4 Å². The Kier molecular flexibility index (Phi) is 6.03. The van der Waals surface area contributed by atoms with Crippen molar-refractivity contribution in [3.05, 3.63) is 23.8 Å². The third-order valence-electron chi connectivity index (χ3n) is 2.54. The number of methoxy groups -OCH3 is 2. The number of alkyl halides is 5. The van der Waals surface area contributed by atoms with Crippen molar-refractivity contribution in [2.45, 2.75) is 18.1 Å². The van der Waals surface area contributed by atoms with E-state index >= 15 is 0 Å². The smallest absolute Gasteiger partial charge is 0.455 e. The van der Waals surface area contributed by atoms with Gasteiger partial charge in [0.1, 0.15) is 17.5 Å². The van der Waals surface area contributed by atoms with Crippen molar-refractivity contribution in [1.82, 2.24) is 0 Å². The average Bonchev–Trinajstić information content (AvgIpc) is 2.35. The molecule has 0 unspecified atom stereocenters. The van der Waals surface area contributed by atoms with Gasteiger partial charge in [-0.1, -0.05) is 0 Å². The van der Waals surface area contributed by atoms with Crippen molar-refractivity contribution in [3.63, 3.8) is 0 Å². The molecule has 0 aliphatic carbocycles. The molecule has 9 heteroatoms. The van der Waals surface area contributed by atoms with Gasteiger partial charge in [-0.15, -0.1) is 12.4 Å². The van der Waals surface area contributed by atoms with Crippen molar-refractivity contribution in [3.8, 4) is 11.5 Å². The fourth-order valence-electron chi connectivity index (χ4n) is 1.45. The monoisotopic (exact) mass is 321 g/mol. The number of rotatable bonds is 4. The normalized spacial score (nSPS) is 13.4. The van der Waals surface area contributed by atoms with E-state index in [2.05, 4.69) is 0 Å². The van der Waals surface area contributed by atoms with Crippen LogP contribution in [-0.2, 0) is 0 Å². The molecular formula is C11H13ClF5NO2. The van der Waals surface area contributed by atoms with Gasteiger partial charge in [0.25, 0.3) is 0 Å². The summed E-state index contributed by atoms with van der Waals surface area (Å²) < 4.78 is 72.7. The first-order chi connectivity index (χ1) is 8.65. The molecule has 0 saturated heterocycles. The minimum Gasteiger partial charge on any atom is -0.497 e. The van der Waals surface area contributed by atoms with Crippen LogP contribution in [0.2, 0.25) is 0 Å². The molecule has 3 nitrogen and oxygen atoms in total. The maximum absolute atomic E-state index is 13.2. The molecule has 2 N–H and O–H groups in total. The lowest BCUT2D eigenvalue weighted by molar-refractivity contribution is -0.291. The van der Waals surface area contributed by atoms with E-state index < -0.39 is 23.7 Å². The third-order valence-corrected chi connectivity index (χ3v) is 2.54. The second kappa shape index (κ2) is 6.45. The summed E-state index contributed by atoms with van der Waals surface area (Å²) in [5, 5.41) is 0. The molecule has 0 saturated carbocycles. The van der Waals surface area contributed by atoms with Crippen LogP contribution in [0.25, 0.3) is 0 Å². The summed E-state index contributed by atoms with van der Waals surface area (Å²) in [6.45, 7) is 0. The minimum absolute atomic E-state index is 0. The molecule has 1 rings (SSSR count). The van der Waals surface area contributed by atoms with Crippen LogP contribution in [0.15, 0.2) is 18.2 Å². The molecule has 0 radical (unpaired) electrons. The Labute approximate surface area is 118 Å². The summed E-state index contributed by atoms with van der Waals surface area (Å²) in [5.41, 5.74) is 4.58. The van der Waals surface area contributed by atoms with Gasteiger partial charge in [0, 0.05) is 11.6 Å². The Bertz CT molecular complexity index is 453. The van der Waals surface area contributed by atoms with E-state index in [0.717, 1.165) is 13.2 Å². The fraction of sp³-hybridized carbons (Fsp3) is 0.455. The fourth-order valence-corrected chi connectivity index (χ4v) is 1.45. The van der Waals surface area contributed by atoms with Crippen LogP contribution in [0.1, 0.15) is 11.6 Å². The first kappa shape index (κ1) is 18.7. The van der Waals surface area contributed by atoms with Crippen molar-refractivity contribution in [1.29, 1.82) is 0 Å². The van der Waals surface area contributed by atoms with Gasteiger partial charge in [-0.2, -0.15) is 22.0 Å². The summed E-state index contributed by atoms with van der Waals surface area (Å²) in [6.07, 6.45) is -5.74. The number of hydrogen-bond donors (Lipinski definition) is 1. The molecular weight excluding hydrogens is 309 g/mol. The van der Waals surface area contributed by atoms with E-state index in [9.17, 15) is 22.0 Å². The molecule has 0 aromatic heterocycles. The van der Waals surface area contributed by atoms with Gasteiger partial charge in [0.05, 0.1) is 14.2 Å². The van der Waals surface area contributed by atoms with Gasteiger partial charge in [-0.25, -0.2) is 0 Å². The second-order valence-electron chi connectivity index (χ2n) is 3.71. The summed E-state index contributed by atoms with van der Waals surface area (Å²) in [4.78, 5) is 0. The van der Waals surface area contributed by atoms with Gasteiger partial charge in [0.2, 0.25) is 0 Å². The Morgan fingerprint density at radius 1 is 1.05 bits per heavy atom. The van der Waals surface area contributed by atoms with E-state index in [1.165, 1.54) is 19.2 Å². The summed E-state index contributed by atoms with van der Waals surface area (Å²) in [6, 6.07) is 0.863. The van der Waals surface area contributed by atoms with Crippen LogP contribution in [0.3, 0.4) is 0 Å². The minimum atomic E-state index is -5.74. The lowest BCUT2D eigenvalue weighted by atomic mass is 9.99.